The fraction of sp³-hybridized carbons (Fsp3) is 1.00. The zero-order valence-electron chi connectivity index (χ0n) is 3.79. The van der Waals surface area contributed by atoms with Crippen molar-refractivity contribution in [3.05, 3.63) is 0 Å². The van der Waals surface area contributed by atoms with Gasteiger partial charge in [-0.2, -0.15) is 0 Å². The smallest absolute Gasteiger partial charge is 0.0483 e. The van der Waals surface area contributed by atoms with E-state index in [-0.39, 0.29) is 35.6 Å². The van der Waals surface area contributed by atoms with Crippen molar-refractivity contribution in [3.8, 4) is 0 Å². The van der Waals surface area contributed by atoms with Crippen LogP contribution in [0.3, 0.4) is 0 Å². The molecule has 0 saturated carbocycles. The summed E-state index contributed by atoms with van der Waals surface area (Å²) in [5.41, 5.74) is 0. The van der Waals surface area contributed by atoms with Crippen LogP contribution in [-0.2, 0) is 17.1 Å². The third-order valence-corrected chi connectivity index (χ3v) is 0. The van der Waals surface area contributed by atoms with Crippen molar-refractivity contribution in [1.82, 2.24) is 0 Å². The Labute approximate surface area is 55.0 Å². The number of rotatable bonds is 0. The number of hydrogen-bond acceptors (Lipinski definition) is 1. The molecule has 0 unspecified atom stereocenters. The van der Waals surface area contributed by atoms with Crippen LogP contribution < -0.4 is 0 Å². The van der Waals surface area contributed by atoms with Gasteiger partial charge in [0.1, 0.15) is 0 Å². The molecule has 0 amide bonds. The van der Waals surface area contributed by atoms with Gasteiger partial charge in [-0.25, -0.2) is 0 Å². The Bertz CT molecular complexity index is 15.5. The molecule has 0 bridgehead atoms. The SMILES string of the molecule is CC(C)O.Cl.[Fe]. The monoisotopic (exact) mass is 152 g/mol. The minimum Gasteiger partial charge on any atom is -0.394 e. The first-order chi connectivity index (χ1) is 1.73. The molecule has 0 fully saturated rings. The molecule has 1 N–H and O–H groups in total. The summed E-state index contributed by atoms with van der Waals surface area (Å²) in [5.74, 6) is 0. The third-order valence-electron chi connectivity index (χ3n) is 0. The molecule has 0 atom stereocenters. The Morgan fingerprint density at radius 2 is 1.33 bits per heavy atom. The van der Waals surface area contributed by atoms with E-state index in [0.717, 1.165) is 0 Å². The zero-order chi connectivity index (χ0) is 3.58. The van der Waals surface area contributed by atoms with Gasteiger partial charge < -0.3 is 5.11 Å². The summed E-state index contributed by atoms with van der Waals surface area (Å²) >= 11 is 0. The van der Waals surface area contributed by atoms with Gasteiger partial charge >= 0.3 is 0 Å². The summed E-state index contributed by atoms with van der Waals surface area (Å²) in [6.45, 7) is 3.44. The van der Waals surface area contributed by atoms with E-state index >= 15 is 0 Å². The van der Waals surface area contributed by atoms with E-state index in [1.807, 2.05) is 0 Å². The molecule has 3 heteroatoms. The first-order valence-electron chi connectivity index (χ1n) is 1.41. The van der Waals surface area contributed by atoms with Crippen molar-refractivity contribution in [2.45, 2.75) is 20.0 Å². The Kier molecular flexibility index (Phi) is 24.4. The molecule has 0 aliphatic heterocycles. The summed E-state index contributed by atoms with van der Waals surface area (Å²) in [6.07, 6.45) is -0.167. The quantitative estimate of drug-likeness (QED) is 0.509. The zero-order valence-corrected chi connectivity index (χ0v) is 5.71. The van der Waals surface area contributed by atoms with Crippen molar-refractivity contribution < 1.29 is 22.2 Å². The van der Waals surface area contributed by atoms with Gasteiger partial charge in [0.05, 0.1) is 0 Å². The van der Waals surface area contributed by atoms with Gasteiger partial charge in [0.2, 0.25) is 0 Å². The molecule has 0 spiro atoms. The van der Waals surface area contributed by atoms with Crippen molar-refractivity contribution in [1.29, 1.82) is 0 Å². The molecule has 0 aliphatic rings. The van der Waals surface area contributed by atoms with E-state index < -0.39 is 0 Å². The molecule has 0 aliphatic carbocycles. The van der Waals surface area contributed by atoms with Gasteiger partial charge in [-0.1, -0.05) is 0 Å². The van der Waals surface area contributed by atoms with Crippen LogP contribution >= 0.6 is 12.4 Å². The molecular weight excluding hydrogens is 143 g/mol. The second-order valence-electron chi connectivity index (χ2n) is 1.09. The van der Waals surface area contributed by atoms with Gasteiger partial charge in [0.15, 0.2) is 0 Å². The van der Waals surface area contributed by atoms with Crippen molar-refractivity contribution in [2.24, 2.45) is 0 Å². The standard InChI is InChI=1S/C3H8O.ClH.Fe/c1-3(2)4;;/h3-4H,1-2H3;1H;. The molecule has 0 aromatic carbocycles. The summed E-state index contributed by atoms with van der Waals surface area (Å²) in [4.78, 5) is 0. The maximum Gasteiger partial charge on any atom is 0.0483 e. The van der Waals surface area contributed by atoms with Gasteiger partial charge in [-0.05, 0) is 13.8 Å². The average molecular weight is 152 g/mol. The Morgan fingerprint density at radius 3 is 1.33 bits per heavy atom. The van der Waals surface area contributed by atoms with Crippen LogP contribution in [0.25, 0.3) is 0 Å². The largest absolute Gasteiger partial charge is 0.394 e. The Morgan fingerprint density at radius 1 is 1.33 bits per heavy atom. The predicted molar refractivity (Wildman–Crippen MR) is 24.6 cm³/mol. The van der Waals surface area contributed by atoms with Crippen LogP contribution in [0, 0.1) is 0 Å². The van der Waals surface area contributed by atoms with Gasteiger partial charge in [-0.3, -0.25) is 0 Å². The number of aliphatic hydroxyl groups is 1. The number of aliphatic hydroxyl groups excluding tert-OH is 1. The summed E-state index contributed by atoms with van der Waals surface area (Å²) < 4.78 is 0. The molecule has 0 aromatic heterocycles. The summed E-state index contributed by atoms with van der Waals surface area (Å²) in [5, 5.41) is 8.06. The molecule has 42 valence electrons. The Hall–Kier alpha value is 0.769. The molecule has 0 rings (SSSR count). The average Bonchev–Trinajstić information content (AvgIpc) is 0.811. The molecular formula is C3H9ClFeO. The number of halogens is 1. The Balaban J connectivity index is -0.0000000450. The molecule has 0 aromatic rings. The minimum absolute atomic E-state index is 0. The van der Waals surface area contributed by atoms with Gasteiger partial charge in [-0.15, -0.1) is 12.4 Å². The topological polar surface area (TPSA) is 20.2 Å². The maximum absolute atomic E-state index is 8.06. The molecule has 1 nitrogen and oxygen atoms in total. The maximum atomic E-state index is 8.06. The normalized spacial score (nSPS) is 6.00. The van der Waals surface area contributed by atoms with Crippen LogP contribution in [0.5, 0.6) is 0 Å². The molecule has 0 radical (unpaired) electrons. The van der Waals surface area contributed by atoms with E-state index in [4.69, 9.17) is 5.11 Å². The summed E-state index contributed by atoms with van der Waals surface area (Å²) in [7, 11) is 0. The van der Waals surface area contributed by atoms with Gasteiger partial charge in [0, 0.05) is 23.2 Å². The number of hydrogen-bond donors (Lipinski definition) is 1. The first kappa shape index (κ1) is 15.9. The van der Waals surface area contributed by atoms with Gasteiger partial charge in [0.25, 0.3) is 0 Å². The molecule has 0 saturated heterocycles. The van der Waals surface area contributed by atoms with Crippen LogP contribution in [0.1, 0.15) is 13.8 Å². The predicted octanol–water partition coefficient (Wildman–Crippen LogP) is 0.806. The van der Waals surface area contributed by atoms with E-state index in [0.29, 0.717) is 0 Å². The van der Waals surface area contributed by atoms with E-state index in [2.05, 4.69) is 0 Å². The third kappa shape index (κ3) is 114. The second kappa shape index (κ2) is 9.24. The van der Waals surface area contributed by atoms with Crippen LogP contribution in [0.4, 0.5) is 0 Å². The van der Waals surface area contributed by atoms with Crippen molar-refractivity contribution >= 4 is 12.4 Å². The fourth-order valence-corrected chi connectivity index (χ4v) is 0. The van der Waals surface area contributed by atoms with E-state index in [1.54, 1.807) is 13.8 Å². The van der Waals surface area contributed by atoms with E-state index in [9.17, 15) is 0 Å². The molecule has 6 heavy (non-hydrogen) atoms. The first-order valence-corrected chi connectivity index (χ1v) is 1.41. The van der Waals surface area contributed by atoms with E-state index in [1.165, 1.54) is 0 Å². The minimum atomic E-state index is -0.167. The van der Waals surface area contributed by atoms with Crippen LogP contribution in [-0.4, -0.2) is 11.2 Å². The van der Waals surface area contributed by atoms with Crippen molar-refractivity contribution in [2.75, 3.05) is 0 Å². The second-order valence-corrected chi connectivity index (χ2v) is 1.09. The molecule has 0 heterocycles. The fourth-order valence-electron chi connectivity index (χ4n) is 0. The van der Waals surface area contributed by atoms with Crippen molar-refractivity contribution in [3.63, 3.8) is 0 Å². The summed E-state index contributed by atoms with van der Waals surface area (Å²) in [6, 6.07) is 0. The van der Waals surface area contributed by atoms with Crippen LogP contribution in [0.2, 0.25) is 0 Å². The van der Waals surface area contributed by atoms with Crippen LogP contribution in [0.15, 0.2) is 0 Å².